The minimum Gasteiger partial charge on any atom is -0.360 e. The molecule has 148 valence electrons. The number of para-hydroxylation sites is 1. The van der Waals surface area contributed by atoms with Crippen molar-refractivity contribution >= 4 is 34.4 Å². The molecule has 0 saturated heterocycles. The van der Waals surface area contributed by atoms with E-state index in [9.17, 15) is 4.79 Å². The summed E-state index contributed by atoms with van der Waals surface area (Å²) in [5.41, 5.74) is 2.10. The highest BCUT2D eigenvalue weighted by molar-refractivity contribution is 8.00. The Morgan fingerprint density at radius 3 is 2.93 bits per heavy atom. The third-order valence-electron chi connectivity index (χ3n) is 4.94. The normalized spacial score (nSPS) is 15.0. The highest BCUT2D eigenvalue weighted by atomic mass is 32.2. The summed E-state index contributed by atoms with van der Waals surface area (Å²) in [6.45, 7) is 3.63. The van der Waals surface area contributed by atoms with E-state index in [2.05, 4.69) is 36.3 Å². The number of nitrogens with zero attached hydrogens (tertiary/aromatic N) is 4. The number of aryl methyl sites for hydroxylation is 1. The molecule has 2 N–H and O–H groups in total. The van der Waals surface area contributed by atoms with E-state index >= 15 is 0 Å². The molecule has 0 unspecified atom stereocenters. The summed E-state index contributed by atoms with van der Waals surface area (Å²) in [4.78, 5) is 15.9. The minimum absolute atomic E-state index is 0.151. The second kappa shape index (κ2) is 7.07. The highest BCUT2D eigenvalue weighted by Crippen LogP contribution is 2.42. The van der Waals surface area contributed by atoms with Crippen LogP contribution in [0.2, 0.25) is 0 Å². The quantitative estimate of drug-likeness (QED) is 0.464. The summed E-state index contributed by atoms with van der Waals surface area (Å²) in [6.07, 6.45) is 4.17. The van der Waals surface area contributed by atoms with Crippen LogP contribution in [0.15, 0.2) is 46.2 Å². The molecule has 5 rings (SSSR count). The Bertz CT molecular complexity index is 1190. The summed E-state index contributed by atoms with van der Waals surface area (Å²) in [7, 11) is 0. The zero-order chi connectivity index (χ0) is 20.0. The van der Waals surface area contributed by atoms with Crippen molar-refractivity contribution in [1.82, 2.24) is 24.9 Å². The lowest BCUT2D eigenvalue weighted by atomic mass is 10.1. The standard InChI is InChI=1S/C20H20N6O2S/c1-11-9-17(25-28-11)22-19(27)12(2)29-20-24-23-18(26(20)13-7-8-13)15-10-21-16-6-4-3-5-14(15)16/h3-6,9-10,12-13,21H,7-8H2,1-2H3,(H,22,25,27)/t12-/m0/s1. The Hall–Kier alpha value is -3.07. The van der Waals surface area contributed by atoms with Crippen LogP contribution in [0.4, 0.5) is 5.82 Å². The van der Waals surface area contributed by atoms with Gasteiger partial charge in [0.05, 0.1) is 5.25 Å². The number of anilines is 1. The Morgan fingerprint density at radius 2 is 2.17 bits per heavy atom. The average molecular weight is 408 g/mol. The lowest BCUT2D eigenvalue weighted by molar-refractivity contribution is -0.115. The number of carbonyl (C=O) groups is 1. The number of rotatable bonds is 6. The van der Waals surface area contributed by atoms with Crippen LogP contribution < -0.4 is 5.32 Å². The number of amides is 1. The Morgan fingerprint density at radius 1 is 1.34 bits per heavy atom. The summed E-state index contributed by atoms with van der Waals surface area (Å²) in [5, 5.41) is 17.0. The number of H-pyrrole nitrogens is 1. The zero-order valence-corrected chi connectivity index (χ0v) is 16.9. The molecule has 0 radical (unpaired) electrons. The van der Waals surface area contributed by atoms with Gasteiger partial charge in [0.25, 0.3) is 0 Å². The topological polar surface area (TPSA) is 102 Å². The van der Waals surface area contributed by atoms with Crippen LogP contribution in [0.1, 0.15) is 31.6 Å². The van der Waals surface area contributed by atoms with Gasteiger partial charge in [-0.1, -0.05) is 35.1 Å². The minimum atomic E-state index is -0.357. The Kier molecular flexibility index (Phi) is 4.39. The first-order chi connectivity index (χ1) is 14.1. The van der Waals surface area contributed by atoms with E-state index in [0.717, 1.165) is 40.3 Å². The molecule has 1 amide bonds. The number of fused-ring (bicyclic) bond motifs is 1. The molecule has 3 heterocycles. The van der Waals surface area contributed by atoms with Crippen molar-refractivity contribution in [2.75, 3.05) is 5.32 Å². The van der Waals surface area contributed by atoms with Crippen LogP contribution in [-0.2, 0) is 4.79 Å². The van der Waals surface area contributed by atoms with E-state index in [1.807, 2.05) is 31.3 Å². The molecule has 1 fully saturated rings. The van der Waals surface area contributed by atoms with Crippen LogP contribution in [0.5, 0.6) is 0 Å². The van der Waals surface area contributed by atoms with Crippen molar-refractivity contribution < 1.29 is 9.32 Å². The van der Waals surface area contributed by atoms with Crippen molar-refractivity contribution in [3.8, 4) is 11.4 Å². The van der Waals surface area contributed by atoms with Gasteiger partial charge in [-0.3, -0.25) is 9.36 Å². The smallest absolute Gasteiger partial charge is 0.238 e. The van der Waals surface area contributed by atoms with Crippen LogP contribution in [0, 0.1) is 6.92 Å². The molecule has 3 aromatic heterocycles. The number of hydrogen-bond donors (Lipinski definition) is 2. The fourth-order valence-electron chi connectivity index (χ4n) is 3.32. The monoisotopic (exact) mass is 408 g/mol. The van der Waals surface area contributed by atoms with Crippen LogP contribution in [0.25, 0.3) is 22.3 Å². The van der Waals surface area contributed by atoms with E-state index in [1.165, 1.54) is 11.8 Å². The first-order valence-electron chi connectivity index (χ1n) is 9.52. The van der Waals surface area contributed by atoms with E-state index < -0.39 is 0 Å². The zero-order valence-electron chi connectivity index (χ0n) is 16.0. The van der Waals surface area contributed by atoms with Gasteiger partial charge in [-0.05, 0) is 32.8 Å². The number of carbonyl (C=O) groups excluding carboxylic acids is 1. The Balaban J connectivity index is 1.42. The first kappa shape index (κ1) is 18.0. The predicted octanol–water partition coefficient (Wildman–Crippen LogP) is 4.18. The van der Waals surface area contributed by atoms with Crippen molar-refractivity contribution in [1.29, 1.82) is 0 Å². The number of benzene rings is 1. The molecule has 0 bridgehead atoms. The van der Waals surface area contributed by atoms with Gasteiger partial charge in [0.1, 0.15) is 5.76 Å². The third-order valence-corrected chi connectivity index (χ3v) is 5.99. The van der Waals surface area contributed by atoms with Crippen molar-refractivity contribution in [3.63, 3.8) is 0 Å². The molecule has 29 heavy (non-hydrogen) atoms. The molecule has 0 spiro atoms. The molecule has 8 nitrogen and oxygen atoms in total. The number of aromatic nitrogens is 5. The number of aromatic amines is 1. The van der Waals surface area contributed by atoms with Gasteiger partial charge < -0.3 is 14.8 Å². The maximum atomic E-state index is 12.6. The summed E-state index contributed by atoms with van der Waals surface area (Å²) < 4.78 is 7.17. The lowest BCUT2D eigenvalue weighted by Gasteiger charge is -2.12. The van der Waals surface area contributed by atoms with Crippen LogP contribution in [0.3, 0.4) is 0 Å². The summed E-state index contributed by atoms with van der Waals surface area (Å²) in [5.74, 6) is 1.76. The average Bonchev–Trinajstić information content (AvgIpc) is 3.12. The molecule has 4 aromatic rings. The lowest BCUT2D eigenvalue weighted by Crippen LogP contribution is -2.23. The maximum absolute atomic E-state index is 12.6. The number of thioether (sulfide) groups is 1. The van der Waals surface area contributed by atoms with Gasteiger partial charge in [0.2, 0.25) is 5.91 Å². The Labute approximate surface area is 171 Å². The van der Waals surface area contributed by atoms with Gasteiger partial charge in [-0.25, -0.2) is 0 Å². The van der Waals surface area contributed by atoms with E-state index in [1.54, 1.807) is 13.0 Å². The SMILES string of the molecule is Cc1cc(NC(=O)[C@H](C)Sc2nnc(-c3c[nH]c4ccccc34)n2C2CC2)no1. The molecule has 1 aromatic carbocycles. The van der Waals surface area contributed by atoms with Gasteiger partial charge in [-0.2, -0.15) is 0 Å². The van der Waals surface area contributed by atoms with Crippen molar-refractivity contribution in [2.45, 2.75) is 43.1 Å². The fraction of sp³-hybridized carbons (Fsp3) is 0.300. The van der Waals surface area contributed by atoms with E-state index in [0.29, 0.717) is 17.6 Å². The van der Waals surface area contributed by atoms with E-state index in [-0.39, 0.29) is 11.2 Å². The van der Waals surface area contributed by atoms with Crippen LogP contribution in [-0.4, -0.2) is 36.1 Å². The predicted molar refractivity (Wildman–Crippen MR) is 111 cm³/mol. The molecule has 1 aliphatic rings. The number of nitrogens with one attached hydrogen (secondary N) is 2. The summed E-state index contributed by atoms with van der Waals surface area (Å²) >= 11 is 1.40. The molecular formula is C20H20N6O2S. The van der Waals surface area contributed by atoms with Crippen molar-refractivity contribution in [3.05, 3.63) is 42.3 Å². The maximum Gasteiger partial charge on any atom is 0.238 e. The van der Waals surface area contributed by atoms with Crippen LogP contribution >= 0.6 is 11.8 Å². The highest BCUT2D eigenvalue weighted by Gasteiger charge is 2.32. The van der Waals surface area contributed by atoms with Gasteiger partial charge in [-0.15, -0.1) is 10.2 Å². The van der Waals surface area contributed by atoms with Gasteiger partial charge in [0.15, 0.2) is 16.8 Å². The number of hydrogen-bond acceptors (Lipinski definition) is 6. The van der Waals surface area contributed by atoms with E-state index in [4.69, 9.17) is 4.52 Å². The molecule has 0 aliphatic heterocycles. The van der Waals surface area contributed by atoms with Gasteiger partial charge in [0, 0.05) is 34.8 Å². The second-order valence-corrected chi connectivity index (χ2v) is 8.54. The van der Waals surface area contributed by atoms with Gasteiger partial charge >= 0.3 is 0 Å². The fourth-order valence-corrected chi connectivity index (χ4v) is 4.24. The molecule has 1 saturated carbocycles. The second-order valence-electron chi connectivity index (χ2n) is 7.23. The first-order valence-corrected chi connectivity index (χ1v) is 10.4. The molecular weight excluding hydrogens is 388 g/mol. The molecule has 1 atom stereocenters. The largest absolute Gasteiger partial charge is 0.360 e. The molecule has 1 aliphatic carbocycles. The molecule has 9 heteroatoms. The van der Waals surface area contributed by atoms with Crippen molar-refractivity contribution in [2.24, 2.45) is 0 Å². The summed E-state index contributed by atoms with van der Waals surface area (Å²) in [6, 6.07) is 10.2. The third kappa shape index (κ3) is 3.42.